The predicted molar refractivity (Wildman–Crippen MR) is 127 cm³/mol. The van der Waals surface area contributed by atoms with E-state index in [2.05, 4.69) is 40.8 Å². The van der Waals surface area contributed by atoms with Gasteiger partial charge >= 0.3 is 0 Å². The summed E-state index contributed by atoms with van der Waals surface area (Å²) in [6.07, 6.45) is 1.69. The van der Waals surface area contributed by atoms with Crippen LogP contribution in [-0.2, 0) is 7.05 Å². The molecule has 0 amide bonds. The first-order chi connectivity index (χ1) is 16.5. The average molecular weight is 452 g/mol. The molecule has 3 N–H and O–H groups in total. The summed E-state index contributed by atoms with van der Waals surface area (Å²) in [5.74, 6) is 2.39. The van der Waals surface area contributed by atoms with Crippen LogP contribution in [0.5, 0.6) is 5.75 Å². The second-order valence-corrected chi connectivity index (χ2v) is 7.45. The lowest BCUT2D eigenvalue weighted by Gasteiger charge is -2.15. The number of aryl methyl sites for hydroxylation is 2. The predicted octanol–water partition coefficient (Wildman–Crippen LogP) is 3.82. The summed E-state index contributed by atoms with van der Waals surface area (Å²) in [6, 6.07) is 14.8. The van der Waals surface area contributed by atoms with Crippen molar-refractivity contribution in [3.63, 3.8) is 0 Å². The van der Waals surface area contributed by atoms with Crippen LogP contribution < -0.4 is 15.4 Å². The normalized spacial score (nSPS) is 10.8. The van der Waals surface area contributed by atoms with E-state index in [1.165, 1.54) is 4.80 Å². The fourth-order valence-electron chi connectivity index (χ4n) is 3.63. The minimum absolute atomic E-state index is 0.312. The van der Waals surface area contributed by atoms with Crippen molar-refractivity contribution in [1.82, 2.24) is 34.9 Å². The maximum Gasteiger partial charge on any atom is 0.161 e. The highest BCUT2D eigenvalue weighted by atomic mass is 16.5. The summed E-state index contributed by atoms with van der Waals surface area (Å²) in [5.41, 5.74) is 4.54. The van der Waals surface area contributed by atoms with Gasteiger partial charge in [0, 0.05) is 18.7 Å². The Balaban J connectivity index is 1.57. The van der Waals surface area contributed by atoms with Gasteiger partial charge in [-0.05, 0) is 31.2 Å². The van der Waals surface area contributed by atoms with Gasteiger partial charge in [-0.2, -0.15) is 20.3 Å². The molecular formula is C23H20N10O. The van der Waals surface area contributed by atoms with E-state index in [1.54, 1.807) is 38.6 Å². The molecule has 4 aromatic heterocycles. The van der Waals surface area contributed by atoms with Crippen LogP contribution in [0.25, 0.3) is 22.4 Å². The number of fused-ring (bicyclic) bond motifs is 1. The molecule has 0 aliphatic heterocycles. The third-order valence-electron chi connectivity index (χ3n) is 5.06. The number of aromatic nitrogens is 7. The molecule has 1 aromatic carbocycles. The van der Waals surface area contributed by atoms with Crippen LogP contribution in [0.4, 0.5) is 23.0 Å². The Kier molecular flexibility index (Phi) is 5.23. The van der Waals surface area contributed by atoms with Crippen LogP contribution in [0.1, 0.15) is 11.5 Å². The van der Waals surface area contributed by atoms with Gasteiger partial charge < -0.3 is 20.4 Å². The number of hydrogen-bond donors (Lipinski definition) is 3. The number of imidazole rings is 1. The molecule has 5 aromatic rings. The second-order valence-electron chi connectivity index (χ2n) is 7.45. The highest BCUT2D eigenvalue weighted by Gasteiger charge is 2.17. The number of nitrogens with zero attached hydrogens (tertiary/aromatic N) is 7. The summed E-state index contributed by atoms with van der Waals surface area (Å²) < 4.78 is 5.74. The second kappa shape index (κ2) is 8.51. The summed E-state index contributed by atoms with van der Waals surface area (Å²) >= 11 is 0. The minimum Gasteiger partial charge on any atom is -0.494 e. The van der Waals surface area contributed by atoms with E-state index in [4.69, 9.17) is 10.00 Å². The molecule has 0 bridgehead atoms. The molecule has 168 valence electrons. The largest absolute Gasteiger partial charge is 0.494 e. The first-order valence-electron chi connectivity index (χ1n) is 10.4. The third-order valence-corrected chi connectivity index (χ3v) is 5.06. The molecule has 0 aliphatic rings. The standard InChI is InChI=1S/C23H20N10O/c1-13-26-21-17(10-20(31-23(21)27-13)30-19-9-4-6-14(11-24)28-19)29-16-8-5-7-15(22(16)34-3)18-12-25-33(2)32-18/h4-10,12H,1-3H3,(H3,26,27,28,29,30,31). The summed E-state index contributed by atoms with van der Waals surface area (Å²) in [7, 11) is 3.38. The van der Waals surface area contributed by atoms with Gasteiger partial charge in [-0.3, -0.25) is 0 Å². The van der Waals surface area contributed by atoms with E-state index >= 15 is 0 Å². The summed E-state index contributed by atoms with van der Waals surface area (Å²) in [4.78, 5) is 18.1. The molecule has 4 heterocycles. The lowest BCUT2D eigenvalue weighted by atomic mass is 10.1. The van der Waals surface area contributed by atoms with Crippen molar-refractivity contribution in [2.45, 2.75) is 6.92 Å². The van der Waals surface area contributed by atoms with E-state index in [0.29, 0.717) is 45.6 Å². The zero-order chi connectivity index (χ0) is 23.7. The Morgan fingerprint density at radius 2 is 1.88 bits per heavy atom. The number of methoxy groups -OCH3 is 1. The van der Waals surface area contributed by atoms with Crippen molar-refractivity contribution in [3.05, 3.63) is 60.2 Å². The summed E-state index contributed by atoms with van der Waals surface area (Å²) in [5, 5.41) is 24.3. The molecule has 0 aliphatic carbocycles. The lowest BCUT2D eigenvalue weighted by molar-refractivity contribution is 0.418. The number of aromatic amines is 1. The van der Waals surface area contributed by atoms with E-state index in [9.17, 15) is 0 Å². The number of nitriles is 1. The van der Waals surface area contributed by atoms with Crippen LogP contribution >= 0.6 is 0 Å². The SMILES string of the molecule is COc1c(Nc2cc(Nc3cccc(C#N)n3)nc3[nH]c(C)nc23)cccc1-c1cnn(C)n1. The molecule has 11 nitrogen and oxygen atoms in total. The van der Waals surface area contributed by atoms with Gasteiger partial charge in [-0.25, -0.2) is 15.0 Å². The number of pyridine rings is 2. The number of H-pyrrole nitrogens is 1. The van der Waals surface area contributed by atoms with Gasteiger partial charge in [0.2, 0.25) is 0 Å². The molecule has 11 heteroatoms. The van der Waals surface area contributed by atoms with Gasteiger partial charge in [0.05, 0.1) is 24.7 Å². The molecule has 0 saturated heterocycles. The maximum atomic E-state index is 9.14. The molecular weight excluding hydrogens is 432 g/mol. The third kappa shape index (κ3) is 3.95. The van der Waals surface area contributed by atoms with E-state index in [-0.39, 0.29) is 0 Å². The Bertz CT molecular complexity index is 1550. The van der Waals surface area contributed by atoms with E-state index < -0.39 is 0 Å². The number of hydrogen-bond acceptors (Lipinski definition) is 9. The molecule has 5 rings (SSSR count). The smallest absolute Gasteiger partial charge is 0.161 e. The van der Waals surface area contributed by atoms with Crippen molar-refractivity contribution in [2.75, 3.05) is 17.7 Å². The number of para-hydroxylation sites is 1. The van der Waals surface area contributed by atoms with Crippen molar-refractivity contribution in [3.8, 4) is 23.1 Å². The fourth-order valence-corrected chi connectivity index (χ4v) is 3.63. The highest BCUT2D eigenvalue weighted by molar-refractivity contribution is 5.92. The van der Waals surface area contributed by atoms with Crippen LogP contribution in [0.2, 0.25) is 0 Å². The van der Waals surface area contributed by atoms with Crippen LogP contribution in [0.15, 0.2) is 48.7 Å². The van der Waals surface area contributed by atoms with Gasteiger partial charge in [-0.1, -0.05) is 12.1 Å². The number of benzene rings is 1. The van der Waals surface area contributed by atoms with E-state index in [1.807, 2.05) is 37.3 Å². The van der Waals surface area contributed by atoms with Gasteiger partial charge in [-0.15, -0.1) is 0 Å². The minimum atomic E-state index is 0.312. The molecule has 0 atom stereocenters. The lowest BCUT2D eigenvalue weighted by Crippen LogP contribution is -2.01. The number of rotatable bonds is 6. The first kappa shape index (κ1) is 20.9. The maximum absolute atomic E-state index is 9.14. The topological polar surface area (TPSA) is 142 Å². The Hall–Kier alpha value is -4.98. The molecule has 0 fully saturated rings. The molecule has 0 saturated carbocycles. The Morgan fingerprint density at radius 3 is 2.65 bits per heavy atom. The molecule has 0 unspecified atom stereocenters. The van der Waals surface area contributed by atoms with Crippen molar-refractivity contribution < 1.29 is 4.74 Å². The average Bonchev–Trinajstić information content (AvgIpc) is 3.44. The number of ether oxygens (including phenoxy) is 1. The van der Waals surface area contributed by atoms with Crippen LogP contribution in [-0.4, -0.2) is 42.0 Å². The summed E-state index contributed by atoms with van der Waals surface area (Å²) in [6.45, 7) is 1.87. The van der Waals surface area contributed by atoms with Crippen molar-refractivity contribution >= 4 is 34.2 Å². The van der Waals surface area contributed by atoms with Crippen LogP contribution in [0, 0.1) is 18.3 Å². The molecule has 0 spiro atoms. The van der Waals surface area contributed by atoms with Crippen molar-refractivity contribution in [2.24, 2.45) is 7.05 Å². The van der Waals surface area contributed by atoms with Gasteiger partial charge in [0.1, 0.15) is 40.4 Å². The first-order valence-corrected chi connectivity index (χ1v) is 10.4. The fraction of sp³-hybridized carbons (Fsp3) is 0.130. The Labute approximate surface area is 194 Å². The molecule has 34 heavy (non-hydrogen) atoms. The quantitative estimate of drug-likeness (QED) is 0.350. The molecule has 0 radical (unpaired) electrons. The number of nitrogens with one attached hydrogen (secondary N) is 3. The zero-order valence-corrected chi connectivity index (χ0v) is 18.7. The van der Waals surface area contributed by atoms with Crippen LogP contribution in [0.3, 0.4) is 0 Å². The monoisotopic (exact) mass is 452 g/mol. The zero-order valence-electron chi connectivity index (χ0n) is 18.7. The Morgan fingerprint density at radius 1 is 1.03 bits per heavy atom. The van der Waals surface area contributed by atoms with E-state index in [0.717, 1.165) is 17.1 Å². The highest BCUT2D eigenvalue weighted by Crippen LogP contribution is 2.38. The van der Waals surface area contributed by atoms with Gasteiger partial charge in [0.25, 0.3) is 0 Å². The number of anilines is 4. The van der Waals surface area contributed by atoms with Gasteiger partial charge in [0.15, 0.2) is 11.4 Å². The van der Waals surface area contributed by atoms with Crippen molar-refractivity contribution in [1.29, 1.82) is 5.26 Å².